The molecule has 0 unspecified atom stereocenters. The van der Waals surface area contributed by atoms with Crippen molar-refractivity contribution in [2.75, 3.05) is 0 Å². The molecule has 0 aliphatic carbocycles. The van der Waals surface area contributed by atoms with Crippen molar-refractivity contribution in [3.63, 3.8) is 0 Å². The fourth-order valence-electron chi connectivity index (χ4n) is 3.60. The van der Waals surface area contributed by atoms with Crippen molar-refractivity contribution in [2.45, 2.75) is 46.8 Å². The second-order valence-corrected chi connectivity index (χ2v) is 8.63. The van der Waals surface area contributed by atoms with Crippen LogP contribution in [0.1, 0.15) is 37.8 Å². The molecule has 8 heteroatoms. The second-order valence-electron chi connectivity index (χ2n) is 8.63. The molecule has 1 N–H and O–H groups in total. The van der Waals surface area contributed by atoms with Crippen LogP contribution in [0.4, 0.5) is 9.18 Å². The highest BCUT2D eigenvalue weighted by Crippen LogP contribution is 2.35. The van der Waals surface area contributed by atoms with Crippen LogP contribution >= 0.6 is 0 Å². The van der Waals surface area contributed by atoms with Crippen molar-refractivity contribution >= 4 is 17.0 Å². The van der Waals surface area contributed by atoms with Gasteiger partial charge in [0.1, 0.15) is 11.4 Å². The molecule has 4 aromatic rings. The first-order valence-corrected chi connectivity index (χ1v) is 10.3. The van der Waals surface area contributed by atoms with Crippen LogP contribution in [0.15, 0.2) is 47.0 Å². The number of rotatable bonds is 4. The fourth-order valence-corrected chi connectivity index (χ4v) is 3.60. The maximum absolute atomic E-state index is 14.0. The van der Waals surface area contributed by atoms with Crippen LogP contribution in [0.5, 0.6) is 0 Å². The number of nitrogens with zero attached hydrogens (tertiary/aromatic N) is 3. The molecule has 1 amide bonds. The molecule has 166 valence electrons. The SMILES string of the molecule is Cc1nc(-c2c(C)c3cc(F)ccc3n2-c2ccc(CNC(=O)OC(C)(C)C)cc2)no1. The molecule has 0 fully saturated rings. The summed E-state index contributed by atoms with van der Waals surface area (Å²) in [5.41, 5.74) is 3.65. The Balaban J connectivity index is 1.70. The standard InChI is InChI=1S/C24H25FN4O3/c1-14-19-12-17(25)8-11-20(19)29(21(14)22-27-15(2)32-28-22)18-9-6-16(7-10-18)13-26-23(30)31-24(3,4)5/h6-12H,13H2,1-5H3,(H,26,30). The summed E-state index contributed by atoms with van der Waals surface area (Å²) in [5.74, 6) is 0.579. The van der Waals surface area contributed by atoms with Gasteiger partial charge in [-0.3, -0.25) is 0 Å². The zero-order valence-electron chi connectivity index (χ0n) is 18.7. The summed E-state index contributed by atoms with van der Waals surface area (Å²) >= 11 is 0. The molecule has 32 heavy (non-hydrogen) atoms. The Morgan fingerprint density at radius 1 is 1.16 bits per heavy atom. The zero-order chi connectivity index (χ0) is 23.0. The summed E-state index contributed by atoms with van der Waals surface area (Å²) in [7, 11) is 0. The molecule has 0 spiro atoms. The number of carbonyl (C=O) groups is 1. The van der Waals surface area contributed by atoms with Gasteiger partial charge in [-0.2, -0.15) is 4.98 Å². The molecule has 2 aromatic heterocycles. The van der Waals surface area contributed by atoms with Crippen molar-refractivity contribution in [3.8, 4) is 17.2 Å². The van der Waals surface area contributed by atoms with Crippen LogP contribution in [-0.2, 0) is 11.3 Å². The van der Waals surface area contributed by atoms with Gasteiger partial charge in [0.05, 0.1) is 11.2 Å². The van der Waals surface area contributed by atoms with Gasteiger partial charge in [-0.15, -0.1) is 0 Å². The fraction of sp³-hybridized carbons (Fsp3) is 0.292. The van der Waals surface area contributed by atoms with Crippen LogP contribution in [-0.4, -0.2) is 26.4 Å². The lowest BCUT2D eigenvalue weighted by Gasteiger charge is -2.19. The first-order valence-electron chi connectivity index (χ1n) is 10.3. The summed E-state index contributed by atoms with van der Waals surface area (Å²) in [6, 6.07) is 12.4. The Bertz CT molecular complexity index is 1280. The highest BCUT2D eigenvalue weighted by molar-refractivity contribution is 5.92. The van der Waals surface area contributed by atoms with E-state index in [4.69, 9.17) is 9.26 Å². The topological polar surface area (TPSA) is 82.2 Å². The minimum atomic E-state index is -0.551. The Morgan fingerprint density at radius 3 is 2.50 bits per heavy atom. The molecule has 2 aromatic carbocycles. The molecular formula is C24H25FN4O3. The normalized spacial score (nSPS) is 11.7. The largest absolute Gasteiger partial charge is 0.444 e. The van der Waals surface area contributed by atoms with Crippen LogP contribution in [0.3, 0.4) is 0 Å². The lowest BCUT2D eigenvalue weighted by molar-refractivity contribution is 0.0523. The van der Waals surface area contributed by atoms with Crippen molar-refractivity contribution < 1.29 is 18.4 Å². The van der Waals surface area contributed by atoms with E-state index in [0.29, 0.717) is 18.3 Å². The average molecular weight is 436 g/mol. The Labute approximate surface area is 185 Å². The van der Waals surface area contributed by atoms with Gasteiger partial charge < -0.3 is 19.1 Å². The first-order chi connectivity index (χ1) is 15.1. The summed E-state index contributed by atoms with van der Waals surface area (Å²) in [6.07, 6.45) is -0.467. The number of aryl methyl sites for hydroxylation is 2. The number of carbonyl (C=O) groups excluding carboxylic acids is 1. The minimum absolute atomic E-state index is 0.308. The summed E-state index contributed by atoms with van der Waals surface area (Å²) in [5, 5.41) is 7.61. The number of aromatic nitrogens is 3. The van der Waals surface area contributed by atoms with E-state index >= 15 is 0 Å². The lowest BCUT2D eigenvalue weighted by Crippen LogP contribution is -2.32. The number of benzene rings is 2. The van der Waals surface area contributed by atoms with Crippen molar-refractivity contribution in [1.29, 1.82) is 0 Å². The summed E-state index contributed by atoms with van der Waals surface area (Å²) < 4.78 is 26.4. The number of amides is 1. The van der Waals surface area contributed by atoms with Gasteiger partial charge in [-0.05, 0) is 69.2 Å². The van der Waals surface area contributed by atoms with E-state index in [-0.39, 0.29) is 5.82 Å². The van der Waals surface area contributed by atoms with E-state index in [9.17, 15) is 9.18 Å². The van der Waals surface area contributed by atoms with Crippen molar-refractivity contribution in [3.05, 3.63) is 65.3 Å². The molecule has 0 saturated carbocycles. The molecule has 0 radical (unpaired) electrons. The third kappa shape index (κ3) is 4.34. The van der Waals surface area contributed by atoms with Gasteiger partial charge in [0.15, 0.2) is 0 Å². The highest BCUT2D eigenvalue weighted by Gasteiger charge is 2.21. The molecule has 0 atom stereocenters. The Hall–Kier alpha value is -3.68. The van der Waals surface area contributed by atoms with Crippen LogP contribution in [0.2, 0.25) is 0 Å². The van der Waals surface area contributed by atoms with Crippen LogP contribution < -0.4 is 5.32 Å². The molecule has 0 saturated heterocycles. The van der Waals surface area contributed by atoms with Crippen molar-refractivity contribution in [2.24, 2.45) is 0 Å². The van der Waals surface area contributed by atoms with Gasteiger partial charge in [0, 0.05) is 24.5 Å². The Morgan fingerprint density at radius 2 is 1.88 bits per heavy atom. The highest BCUT2D eigenvalue weighted by atomic mass is 19.1. The van der Waals surface area contributed by atoms with Gasteiger partial charge in [0.25, 0.3) is 0 Å². The van der Waals surface area contributed by atoms with Gasteiger partial charge in [-0.1, -0.05) is 17.3 Å². The van der Waals surface area contributed by atoms with Crippen molar-refractivity contribution in [1.82, 2.24) is 20.0 Å². The Kier molecular flexibility index (Phi) is 5.46. The predicted molar refractivity (Wildman–Crippen MR) is 119 cm³/mol. The monoisotopic (exact) mass is 436 g/mol. The third-order valence-electron chi connectivity index (χ3n) is 4.95. The van der Waals surface area contributed by atoms with E-state index in [2.05, 4.69) is 15.5 Å². The molecule has 7 nitrogen and oxygen atoms in total. The quantitative estimate of drug-likeness (QED) is 0.459. The van der Waals surface area contributed by atoms with E-state index in [0.717, 1.165) is 33.4 Å². The molecular weight excluding hydrogens is 411 g/mol. The van der Waals surface area contributed by atoms with Gasteiger partial charge in [-0.25, -0.2) is 9.18 Å². The average Bonchev–Trinajstić information content (AvgIpc) is 3.26. The van der Waals surface area contributed by atoms with E-state index in [1.54, 1.807) is 13.0 Å². The second kappa shape index (κ2) is 8.11. The van der Waals surface area contributed by atoms with Crippen LogP contribution in [0.25, 0.3) is 28.1 Å². The number of hydrogen-bond donors (Lipinski definition) is 1. The minimum Gasteiger partial charge on any atom is -0.444 e. The van der Waals surface area contributed by atoms with Gasteiger partial charge in [0.2, 0.25) is 11.7 Å². The number of alkyl carbamates (subject to hydrolysis) is 1. The predicted octanol–water partition coefficient (Wildman–Crippen LogP) is 5.46. The van der Waals surface area contributed by atoms with E-state index < -0.39 is 11.7 Å². The number of nitrogens with one attached hydrogen (secondary N) is 1. The number of hydrogen-bond acceptors (Lipinski definition) is 5. The number of ether oxygens (including phenoxy) is 1. The molecule has 0 aliphatic heterocycles. The zero-order valence-corrected chi connectivity index (χ0v) is 18.7. The van der Waals surface area contributed by atoms with E-state index in [1.807, 2.05) is 56.5 Å². The van der Waals surface area contributed by atoms with Gasteiger partial charge >= 0.3 is 6.09 Å². The summed E-state index contributed by atoms with van der Waals surface area (Å²) in [6.45, 7) is 9.43. The molecule has 4 rings (SSSR count). The van der Waals surface area contributed by atoms with Crippen LogP contribution in [0, 0.1) is 19.7 Å². The number of halogens is 1. The maximum Gasteiger partial charge on any atom is 0.407 e. The first kappa shape index (κ1) is 21.5. The molecule has 2 heterocycles. The molecule has 0 aliphatic rings. The third-order valence-corrected chi connectivity index (χ3v) is 4.95. The van der Waals surface area contributed by atoms with E-state index in [1.165, 1.54) is 12.1 Å². The lowest BCUT2D eigenvalue weighted by atomic mass is 10.1. The summed E-state index contributed by atoms with van der Waals surface area (Å²) in [4.78, 5) is 16.3. The molecule has 0 bridgehead atoms. The maximum atomic E-state index is 14.0. The number of fused-ring (bicyclic) bond motifs is 1. The smallest absolute Gasteiger partial charge is 0.407 e.